The molecular formula is C13H16FN5O2. The summed E-state index contributed by atoms with van der Waals surface area (Å²) >= 11 is 0. The summed E-state index contributed by atoms with van der Waals surface area (Å²) in [6.07, 6.45) is 3.61. The molecule has 2 rings (SSSR count). The molecule has 0 aromatic carbocycles. The Morgan fingerprint density at radius 3 is 2.95 bits per heavy atom. The Balaban J connectivity index is 1.98. The molecule has 1 amide bonds. The van der Waals surface area contributed by atoms with Crippen LogP contribution in [0.3, 0.4) is 0 Å². The molecule has 0 bridgehead atoms. The van der Waals surface area contributed by atoms with Gasteiger partial charge in [-0.25, -0.2) is 9.37 Å². The molecular weight excluding hydrogens is 277 g/mol. The molecule has 8 heteroatoms. The summed E-state index contributed by atoms with van der Waals surface area (Å²) in [5, 5.41) is 9.31. The molecule has 0 saturated heterocycles. The number of nitrogens with zero attached hydrogens (tertiary/aromatic N) is 3. The van der Waals surface area contributed by atoms with Crippen LogP contribution in [-0.2, 0) is 6.42 Å². The van der Waals surface area contributed by atoms with Crippen LogP contribution in [0.4, 0.5) is 10.2 Å². The maximum Gasteiger partial charge on any atom is 0.255 e. The van der Waals surface area contributed by atoms with Gasteiger partial charge in [0.1, 0.15) is 11.6 Å². The highest BCUT2D eigenvalue weighted by Crippen LogP contribution is 2.13. The van der Waals surface area contributed by atoms with Gasteiger partial charge in [-0.05, 0) is 12.5 Å². The van der Waals surface area contributed by atoms with Crippen molar-refractivity contribution in [3.05, 3.63) is 35.9 Å². The van der Waals surface area contributed by atoms with E-state index in [-0.39, 0.29) is 5.56 Å². The molecule has 0 radical (unpaired) electrons. The summed E-state index contributed by atoms with van der Waals surface area (Å²) in [5.74, 6) is -0.0863. The van der Waals surface area contributed by atoms with Gasteiger partial charge in [0.25, 0.3) is 5.91 Å². The van der Waals surface area contributed by atoms with Crippen LogP contribution < -0.4 is 10.6 Å². The molecule has 0 unspecified atom stereocenters. The molecule has 0 aliphatic carbocycles. The average Bonchev–Trinajstić information content (AvgIpc) is 2.99. The normalized spacial score (nSPS) is 10.4. The summed E-state index contributed by atoms with van der Waals surface area (Å²) in [5.41, 5.74) is 0.177. The fraction of sp³-hybridized carbons (Fsp3) is 0.385. The van der Waals surface area contributed by atoms with Gasteiger partial charge in [-0.1, -0.05) is 12.1 Å². The Labute approximate surface area is 121 Å². The van der Waals surface area contributed by atoms with Crippen molar-refractivity contribution in [3.63, 3.8) is 0 Å². The standard InChI is InChI=1S/C13H16FN5O2/c1-2-4-15-12-10(6-9(14)7-17-12)13(20)16-5-3-11-18-8-21-19-11/h6-8H,2-5H2,1H3,(H,15,17)(H,16,20). The maximum absolute atomic E-state index is 13.3. The number of carbonyl (C=O) groups is 1. The van der Waals surface area contributed by atoms with Gasteiger partial charge in [-0.15, -0.1) is 0 Å². The fourth-order valence-corrected chi connectivity index (χ4v) is 1.68. The van der Waals surface area contributed by atoms with Crippen LogP contribution in [0, 0.1) is 5.82 Å². The van der Waals surface area contributed by atoms with E-state index in [0.29, 0.717) is 31.2 Å². The number of halogens is 1. The molecule has 7 nitrogen and oxygen atoms in total. The molecule has 2 aromatic heterocycles. The zero-order valence-electron chi connectivity index (χ0n) is 11.6. The second-order valence-corrected chi connectivity index (χ2v) is 4.33. The second-order valence-electron chi connectivity index (χ2n) is 4.33. The maximum atomic E-state index is 13.3. The van der Waals surface area contributed by atoms with Crippen molar-refractivity contribution in [3.8, 4) is 0 Å². The summed E-state index contributed by atoms with van der Waals surface area (Å²) in [6, 6.07) is 1.16. The number of nitrogens with one attached hydrogen (secondary N) is 2. The van der Waals surface area contributed by atoms with Gasteiger partial charge >= 0.3 is 0 Å². The largest absolute Gasteiger partial charge is 0.369 e. The van der Waals surface area contributed by atoms with Gasteiger partial charge in [-0.2, -0.15) is 4.98 Å². The van der Waals surface area contributed by atoms with E-state index in [4.69, 9.17) is 0 Å². The number of rotatable bonds is 7. The van der Waals surface area contributed by atoms with Crippen molar-refractivity contribution < 1.29 is 13.7 Å². The lowest BCUT2D eigenvalue weighted by molar-refractivity contribution is 0.0954. The Morgan fingerprint density at radius 2 is 2.24 bits per heavy atom. The monoisotopic (exact) mass is 293 g/mol. The smallest absolute Gasteiger partial charge is 0.255 e. The number of anilines is 1. The lowest BCUT2D eigenvalue weighted by Crippen LogP contribution is -2.27. The SMILES string of the molecule is CCCNc1ncc(F)cc1C(=O)NCCc1ncon1. The molecule has 2 heterocycles. The number of hydrogen-bond acceptors (Lipinski definition) is 6. The third-order valence-corrected chi connectivity index (χ3v) is 2.68. The third kappa shape index (κ3) is 4.23. The molecule has 2 N–H and O–H groups in total. The highest BCUT2D eigenvalue weighted by molar-refractivity contribution is 5.98. The van der Waals surface area contributed by atoms with E-state index in [1.54, 1.807) is 0 Å². The minimum Gasteiger partial charge on any atom is -0.369 e. The first-order valence-corrected chi connectivity index (χ1v) is 6.63. The van der Waals surface area contributed by atoms with E-state index in [0.717, 1.165) is 18.7 Å². The summed E-state index contributed by atoms with van der Waals surface area (Å²) in [7, 11) is 0. The van der Waals surface area contributed by atoms with Gasteiger partial charge in [-0.3, -0.25) is 4.79 Å². The Hall–Kier alpha value is -2.51. The summed E-state index contributed by atoms with van der Waals surface area (Å²) in [4.78, 5) is 19.8. The summed E-state index contributed by atoms with van der Waals surface area (Å²) < 4.78 is 17.9. The second kappa shape index (κ2) is 7.32. The third-order valence-electron chi connectivity index (χ3n) is 2.68. The molecule has 0 fully saturated rings. The molecule has 0 aliphatic rings. The van der Waals surface area contributed by atoms with E-state index in [2.05, 4.69) is 30.3 Å². The van der Waals surface area contributed by atoms with Crippen LogP contribution in [0.1, 0.15) is 29.5 Å². The van der Waals surface area contributed by atoms with Crippen molar-refractivity contribution in [2.24, 2.45) is 0 Å². The predicted octanol–water partition coefficient (Wildman–Crippen LogP) is 1.40. The van der Waals surface area contributed by atoms with E-state index in [9.17, 15) is 9.18 Å². The van der Waals surface area contributed by atoms with Crippen molar-refractivity contribution in [1.29, 1.82) is 0 Å². The van der Waals surface area contributed by atoms with Crippen LogP contribution in [0.15, 0.2) is 23.2 Å². The van der Waals surface area contributed by atoms with Crippen molar-refractivity contribution >= 4 is 11.7 Å². The fourth-order valence-electron chi connectivity index (χ4n) is 1.68. The Kier molecular flexibility index (Phi) is 5.19. The molecule has 0 spiro atoms. The van der Waals surface area contributed by atoms with Gasteiger partial charge < -0.3 is 15.2 Å². The van der Waals surface area contributed by atoms with Gasteiger partial charge in [0.2, 0.25) is 6.39 Å². The van der Waals surface area contributed by atoms with E-state index < -0.39 is 11.7 Å². The first kappa shape index (κ1) is 14.9. The molecule has 112 valence electrons. The van der Waals surface area contributed by atoms with Gasteiger partial charge in [0.15, 0.2) is 5.82 Å². The van der Waals surface area contributed by atoms with E-state index >= 15 is 0 Å². The first-order chi connectivity index (χ1) is 10.2. The lowest BCUT2D eigenvalue weighted by Gasteiger charge is -2.10. The Morgan fingerprint density at radius 1 is 1.38 bits per heavy atom. The number of carbonyl (C=O) groups excluding carboxylic acids is 1. The lowest BCUT2D eigenvalue weighted by atomic mass is 10.2. The minimum absolute atomic E-state index is 0.177. The minimum atomic E-state index is -0.555. The van der Waals surface area contributed by atoms with Crippen molar-refractivity contribution in [2.75, 3.05) is 18.4 Å². The number of aromatic nitrogens is 3. The van der Waals surface area contributed by atoms with Crippen LogP contribution in [0.25, 0.3) is 0 Å². The number of hydrogen-bond donors (Lipinski definition) is 2. The quantitative estimate of drug-likeness (QED) is 0.801. The van der Waals surface area contributed by atoms with Gasteiger partial charge in [0.05, 0.1) is 11.8 Å². The molecule has 0 aliphatic heterocycles. The van der Waals surface area contributed by atoms with Crippen LogP contribution in [0.2, 0.25) is 0 Å². The van der Waals surface area contributed by atoms with Crippen molar-refractivity contribution in [2.45, 2.75) is 19.8 Å². The van der Waals surface area contributed by atoms with E-state index in [1.807, 2.05) is 6.92 Å². The first-order valence-electron chi connectivity index (χ1n) is 6.63. The molecule has 21 heavy (non-hydrogen) atoms. The highest BCUT2D eigenvalue weighted by atomic mass is 19.1. The highest BCUT2D eigenvalue weighted by Gasteiger charge is 2.13. The number of pyridine rings is 1. The topological polar surface area (TPSA) is 92.9 Å². The average molecular weight is 293 g/mol. The summed E-state index contributed by atoms with van der Waals surface area (Å²) in [6.45, 7) is 2.96. The predicted molar refractivity (Wildman–Crippen MR) is 73.3 cm³/mol. The molecule has 2 aromatic rings. The molecule has 0 saturated carbocycles. The zero-order chi connectivity index (χ0) is 15.1. The van der Waals surface area contributed by atoms with E-state index in [1.165, 1.54) is 6.39 Å². The zero-order valence-corrected chi connectivity index (χ0v) is 11.6. The van der Waals surface area contributed by atoms with Gasteiger partial charge in [0, 0.05) is 19.5 Å². The van der Waals surface area contributed by atoms with Crippen molar-refractivity contribution in [1.82, 2.24) is 20.4 Å². The van der Waals surface area contributed by atoms with Crippen LogP contribution in [-0.4, -0.2) is 34.1 Å². The van der Waals surface area contributed by atoms with Crippen LogP contribution >= 0.6 is 0 Å². The Bertz CT molecular complexity index is 588. The number of amides is 1. The van der Waals surface area contributed by atoms with Crippen LogP contribution in [0.5, 0.6) is 0 Å². The molecule has 0 atom stereocenters.